The predicted molar refractivity (Wildman–Crippen MR) is 121 cm³/mol. The number of fused-ring (bicyclic) bond motifs is 1. The number of halogens is 1. The van der Waals surface area contributed by atoms with Crippen LogP contribution in [0, 0.1) is 12.8 Å². The molecule has 3 aromatic rings. The van der Waals surface area contributed by atoms with Crippen molar-refractivity contribution in [3.63, 3.8) is 0 Å². The fourth-order valence-corrected chi connectivity index (χ4v) is 4.90. The van der Waals surface area contributed by atoms with Gasteiger partial charge in [-0.25, -0.2) is 4.98 Å². The minimum absolute atomic E-state index is 0.0115. The maximum atomic E-state index is 12.7. The van der Waals surface area contributed by atoms with Gasteiger partial charge in [-0.15, -0.1) is 0 Å². The van der Waals surface area contributed by atoms with Gasteiger partial charge in [-0.3, -0.25) is 4.79 Å². The molecule has 4 rings (SSSR count). The highest BCUT2D eigenvalue weighted by atomic mass is 35.5. The molecule has 152 valence electrons. The maximum absolute atomic E-state index is 12.7. The van der Waals surface area contributed by atoms with Crippen molar-refractivity contribution < 1.29 is 9.53 Å². The number of hydrogen-bond donors (Lipinski definition) is 1. The van der Waals surface area contributed by atoms with E-state index in [-0.39, 0.29) is 11.8 Å². The topological polar surface area (TPSA) is 54.5 Å². The second-order valence-corrected chi connectivity index (χ2v) is 8.71. The van der Waals surface area contributed by atoms with Crippen LogP contribution < -0.4 is 15.0 Å². The Morgan fingerprint density at radius 3 is 2.79 bits per heavy atom. The van der Waals surface area contributed by atoms with E-state index in [0.717, 1.165) is 52.6 Å². The molecule has 1 aliphatic heterocycles. The Hall–Kier alpha value is -2.31. The second kappa shape index (κ2) is 8.59. The van der Waals surface area contributed by atoms with Crippen LogP contribution in [0.15, 0.2) is 36.4 Å². The van der Waals surface area contributed by atoms with Gasteiger partial charge in [-0.05, 0) is 62.6 Å². The van der Waals surface area contributed by atoms with Crippen molar-refractivity contribution in [2.75, 3.05) is 29.9 Å². The number of aryl methyl sites for hydroxylation is 1. The summed E-state index contributed by atoms with van der Waals surface area (Å²) in [7, 11) is 0. The zero-order valence-electron chi connectivity index (χ0n) is 16.6. The molecule has 1 N–H and O–H groups in total. The van der Waals surface area contributed by atoms with Gasteiger partial charge in [0.1, 0.15) is 5.75 Å². The number of carbonyl (C=O) groups excluding carboxylic acids is 1. The molecule has 5 nitrogen and oxygen atoms in total. The SMILES string of the molecule is CCOc1ccc2nc(N3CCC(C(=O)Nc4ccc(C)cc4Cl)CC3)sc2c1. The summed E-state index contributed by atoms with van der Waals surface area (Å²) in [6.07, 6.45) is 1.60. The Bertz CT molecular complexity index is 1030. The molecule has 0 radical (unpaired) electrons. The lowest BCUT2D eigenvalue weighted by molar-refractivity contribution is -0.120. The summed E-state index contributed by atoms with van der Waals surface area (Å²) in [6.45, 7) is 6.25. The minimum Gasteiger partial charge on any atom is -0.494 e. The van der Waals surface area contributed by atoms with Crippen LogP contribution in [0.5, 0.6) is 5.75 Å². The highest BCUT2D eigenvalue weighted by Gasteiger charge is 2.27. The Morgan fingerprint density at radius 1 is 1.28 bits per heavy atom. The van der Waals surface area contributed by atoms with Gasteiger partial charge in [0.05, 0.1) is 27.5 Å². The van der Waals surface area contributed by atoms with Crippen molar-refractivity contribution >= 4 is 49.9 Å². The van der Waals surface area contributed by atoms with Crippen molar-refractivity contribution in [2.24, 2.45) is 5.92 Å². The number of piperidine rings is 1. The number of amides is 1. The second-order valence-electron chi connectivity index (χ2n) is 7.29. The van der Waals surface area contributed by atoms with E-state index in [1.807, 2.05) is 50.2 Å². The third-order valence-electron chi connectivity index (χ3n) is 5.18. The van der Waals surface area contributed by atoms with Gasteiger partial charge in [-0.2, -0.15) is 0 Å². The largest absolute Gasteiger partial charge is 0.494 e. The van der Waals surface area contributed by atoms with Crippen molar-refractivity contribution in [1.29, 1.82) is 0 Å². The lowest BCUT2D eigenvalue weighted by Crippen LogP contribution is -2.38. The number of nitrogens with zero attached hydrogens (tertiary/aromatic N) is 2. The normalized spacial score (nSPS) is 14.9. The van der Waals surface area contributed by atoms with Gasteiger partial charge < -0.3 is 15.0 Å². The molecular formula is C22H24ClN3O2S. The number of rotatable bonds is 5. The van der Waals surface area contributed by atoms with Crippen LogP contribution in [-0.4, -0.2) is 30.6 Å². The zero-order chi connectivity index (χ0) is 20.4. The van der Waals surface area contributed by atoms with Crippen molar-refractivity contribution in [1.82, 2.24) is 4.98 Å². The molecule has 0 saturated carbocycles. The van der Waals surface area contributed by atoms with E-state index in [2.05, 4.69) is 10.2 Å². The summed E-state index contributed by atoms with van der Waals surface area (Å²) in [6, 6.07) is 11.7. The first-order valence-corrected chi connectivity index (χ1v) is 11.1. The van der Waals surface area contributed by atoms with E-state index in [0.29, 0.717) is 17.3 Å². The van der Waals surface area contributed by atoms with Crippen LogP contribution in [0.4, 0.5) is 10.8 Å². The van der Waals surface area contributed by atoms with E-state index >= 15 is 0 Å². The number of nitrogens with one attached hydrogen (secondary N) is 1. The van der Waals surface area contributed by atoms with Crippen molar-refractivity contribution in [3.8, 4) is 5.75 Å². The molecule has 0 atom stereocenters. The molecule has 0 spiro atoms. The highest BCUT2D eigenvalue weighted by Crippen LogP contribution is 2.34. The van der Waals surface area contributed by atoms with Crippen LogP contribution >= 0.6 is 22.9 Å². The molecule has 1 fully saturated rings. The lowest BCUT2D eigenvalue weighted by Gasteiger charge is -2.31. The molecule has 7 heteroatoms. The van der Waals surface area contributed by atoms with Crippen LogP contribution in [-0.2, 0) is 4.79 Å². The quantitative estimate of drug-likeness (QED) is 0.580. The summed E-state index contributed by atoms with van der Waals surface area (Å²) in [4.78, 5) is 19.7. The molecule has 0 unspecified atom stereocenters. The monoisotopic (exact) mass is 429 g/mol. The smallest absolute Gasteiger partial charge is 0.227 e. The van der Waals surface area contributed by atoms with Gasteiger partial charge in [0.15, 0.2) is 5.13 Å². The van der Waals surface area contributed by atoms with Gasteiger partial charge in [0, 0.05) is 19.0 Å². The summed E-state index contributed by atoms with van der Waals surface area (Å²) < 4.78 is 6.71. The number of aromatic nitrogens is 1. The van der Waals surface area contributed by atoms with Gasteiger partial charge >= 0.3 is 0 Å². The number of ether oxygens (including phenoxy) is 1. The Labute approximate surface area is 179 Å². The third kappa shape index (κ3) is 4.49. The highest BCUT2D eigenvalue weighted by molar-refractivity contribution is 7.22. The molecule has 1 aliphatic rings. The summed E-state index contributed by atoms with van der Waals surface area (Å²) in [5.41, 5.74) is 2.74. The number of thiazole rings is 1. The first-order chi connectivity index (χ1) is 14.0. The molecular weight excluding hydrogens is 406 g/mol. The zero-order valence-corrected chi connectivity index (χ0v) is 18.1. The predicted octanol–water partition coefficient (Wildman–Crippen LogP) is 5.51. The number of carbonyl (C=O) groups is 1. The van der Waals surface area contributed by atoms with Gasteiger partial charge in [-0.1, -0.05) is 29.0 Å². The molecule has 2 aromatic carbocycles. The van der Waals surface area contributed by atoms with Crippen LogP contribution in [0.2, 0.25) is 5.02 Å². The van der Waals surface area contributed by atoms with Gasteiger partial charge in [0.25, 0.3) is 0 Å². The first kappa shape index (κ1) is 20.0. The van der Waals surface area contributed by atoms with Crippen LogP contribution in [0.3, 0.4) is 0 Å². The molecule has 1 saturated heterocycles. The summed E-state index contributed by atoms with van der Waals surface area (Å²) in [5, 5.41) is 4.57. The Morgan fingerprint density at radius 2 is 2.07 bits per heavy atom. The van der Waals surface area contributed by atoms with E-state index in [1.54, 1.807) is 11.3 Å². The fraction of sp³-hybridized carbons (Fsp3) is 0.364. The molecule has 1 aromatic heterocycles. The Balaban J connectivity index is 1.38. The first-order valence-electron chi connectivity index (χ1n) is 9.89. The van der Waals surface area contributed by atoms with E-state index in [4.69, 9.17) is 21.3 Å². The average Bonchev–Trinajstić information content (AvgIpc) is 3.14. The van der Waals surface area contributed by atoms with E-state index in [9.17, 15) is 4.79 Å². The number of benzene rings is 2. The molecule has 0 aliphatic carbocycles. The summed E-state index contributed by atoms with van der Waals surface area (Å²) >= 11 is 7.92. The van der Waals surface area contributed by atoms with Crippen LogP contribution in [0.1, 0.15) is 25.3 Å². The van der Waals surface area contributed by atoms with Crippen LogP contribution in [0.25, 0.3) is 10.2 Å². The van der Waals surface area contributed by atoms with Gasteiger partial charge in [0.2, 0.25) is 5.91 Å². The fourth-order valence-electron chi connectivity index (χ4n) is 3.57. The number of anilines is 2. The van der Waals surface area contributed by atoms with Crippen molar-refractivity contribution in [3.05, 3.63) is 47.0 Å². The molecule has 1 amide bonds. The van der Waals surface area contributed by atoms with Crippen molar-refractivity contribution in [2.45, 2.75) is 26.7 Å². The van der Waals surface area contributed by atoms with E-state index in [1.165, 1.54) is 0 Å². The standard InChI is InChI=1S/C22H24ClN3O2S/c1-3-28-16-5-7-19-20(13-16)29-22(25-19)26-10-8-15(9-11-26)21(27)24-18-6-4-14(2)12-17(18)23/h4-7,12-13,15H,3,8-11H2,1-2H3,(H,24,27). The minimum atomic E-state index is -0.0115. The van der Waals surface area contributed by atoms with E-state index < -0.39 is 0 Å². The average molecular weight is 430 g/mol. The molecule has 29 heavy (non-hydrogen) atoms. The maximum Gasteiger partial charge on any atom is 0.227 e. The Kier molecular flexibility index (Phi) is 5.92. The molecule has 2 heterocycles. The lowest BCUT2D eigenvalue weighted by atomic mass is 9.96. The third-order valence-corrected chi connectivity index (χ3v) is 6.57. The molecule has 0 bridgehead atoms. The summed E-state index contributed by atoms with van der Waals surface area (Å²) in [5.74, 6) is 0.906. The number of hydrogen-bond acceptors (Lipinski definition) is 5.